The van der Waals surface area contributed by atoms with Crippen LogP contribution in [0.5, 0.6) is 5.75 Å². The highest BCUT2D eigenvalue weighted by Gasteiger charge is 2.32. The summed E-state index contributed by atoms with van der Waals surface area (Å²) in [6.45, 7) is 4.23. The molecule has 0 N–H and O–H groups in total. The Labute approximate surface area is 216 Å². The van der Waals surface area contributed by atoms with Gasteiger partial charge in [0, 0.05) is 6.54 Å². The third-order valence-electron chi connectivity index (χ3n) is 4.21. The monoisotopic (exact) mass is 680 g/mol. The van der Waals surface area contributed by atoms with E-state index in [0.29, 0.717) is 34.7 Å². The number of aliphatic imine (C=N–C) groups is 1. The number of likely N-dealkylation sites (N-methyl/N-ethyl adjacent to an activating group) is 1. The van der Waals surface area contributed by atoms with Crippen LogP contribution in [0.15, 0.2) is 46.3 Å². The van der Waals surface area contributed by atoms with Gasteiger partial charge >= 0.3 is 5.97 Å². The number of hydrogen-bond acceptors (Lipinski definition) is 6. The van der Waals surface area contributed by atoms with Gasteiger partial charge in [0.1, 0.15) is 11.6 Å². The van der Waals surface area contributed by atoms with Crippen molar-refractivity contribution < 1.29 is 23.5 Å². The molecule has 0 aromatic heterocycles. The minimum Gasteiger partial charge on any atom is -0.480 e. The summed E-state index contributed by atoms with van der Waals surface area (Å²) in [5.74, 6) is -0.298. The lowest BCUT2D eigenvalue weighted by Crippen LogP contribution is -2.28. The molecule has 0 aliphatic carbocycles. The fourth-order valence-electron chi connectivity index (χ4n) is 2.78. The lowest BCUT2D eigenvalue weighted by molar-refractivity contribution is -0.145. The van der Waals surface area contributed by atoms with Crippen LogP contribution in [0, 0.1) is 13.0 Å². The first-order valence-electron chi connectivity index (χ1n) is 9.65. The molecule has 0 bridgehead atoms. The molecule has 1 fully saturated rings. The molecule has 168 valence electrons. The zero-order valence-corrected chi connectivity index (χ0v) is 22.4. The average Bonchev–Trinajstić information content (AvgIpc) is 3.03. The average molecular weight is 680 g/mol. The molecule has 2 aromatic rings. The molecule has 0 radical (unpaired) electrons. The Bertz CT molecular complexity index is 1070. The first-order chi connectivity index (χ1) is 15.3. The first-order valence-corrected chi connectivity index (χ1v) is 12.6. The number of carbonyl (C=O) groups is 2. The number of esters is 1. The maximum atomic E-state index is 13.2. The molecule has 0 atom stereocenters. The van der Waals surface area contributed by atoms with E-state index < -0.39 is 5.97 Å². The molecular weight excluding hydrogens is 661 g/mol. The van der Waals surface area contributed by atoms with Gasteiger partial charge < -0.3 is 9.47 Å². The quantitative estimate of drug-likeness (QED) is 0.217. The standard InChI is InChI=1S/C22H19FI2N2O4S/c1-3-27-21(29)18(32-22(27)26-15-7-5-14(23)6-8-15)11-13-9-16(24)20(17(25)10-13)31-12-19(28)30-4-2/h5-11H,3-4,12H2,1-2H3/b18-11+,26-22?. The summed E-state index contributed by atoms with van der Waals surface area (Å²) in [5.41, 5.74) is 1.41. The summed E-state index contributed by atoms with van der Waals surface area (Å²) in [6, 6.07) is 9.59. The van der Waals surface area contributed by atoms with E-state index in [1.54, 1.807) is 24.0 Å². The SMILES string of the molecule is CCOC(=O)COc1c(I)cc(/C=C2/SC(=Nc3ccc(F)cc3)N(CC)C2=O)cc1I. The lowest BCUT2D eigenvalue weighted by atomic mass is 10.2. The van der Waals surface area contributed by atoms with Crippen molar-refractivity contribution >= 4 is 85.8 Å². The number of nitrogens with zero attached hydrogens (tertiary/aromatic N) is 2. The van der Waals surface area contributed by atoms with E-state index >= 15 is 0 Å². The van der Waals surface area contributed by atoms with Crippen LogP contribution in [0.3, 0.4) is 0 Å². The van der Waals surface area contributed by atoms with E-state index in [2.05, 4.69) is 50.2 Å². The fraction of sp³-hybridized carbons (Fsp3) is 0.227. The van der Waals surface area contributed by atoms with Crippen molar-refractivity contribution in [3.8, 4) is 5.75 Å². The Balaban J connectivity index is 1.83. The summed E-state index contributed by atoms with van der Waals surface area (Å²) < 4.78 is 25.3. The molecule has 1 saturated heterocycles. The van der Waals surface area contributed by atoms with Crippen molar-refractivity contribution in [2.24, 2.45) is 4.99 Å². The summed E-state index contributed by atoms with van der Waals surface area (Å²) in [4.78, 5) is 31.1. The van der Waals surface area contributed by atoms with Crippen molar-refractivity contribution in [1.29, 1.82) is 0 Å². The third kappa shape index (κ3) is 6.22. The second-order valence-corrected chi connectivity index (χ2v) is 9.77. The van der Waals surface area contributed by atoms with Crippen molar-refractivity contribution in [3.63, 3.8) is 0 Å². The van der Waals surface area contributed by atoms with Crippen molar-refractivity contribution in [1.82, 2.24) is 4.90 Å². The number of ether oxygens (including phenoxy) is 2. The van der Waals surface area contributed by atoms with Gasteiger partial charge in [-0.15, -0.1) is 0 Å². The van der Waals surface area contributed by atoms with Crippen molar-refractivity contribution in [2.45, 2.75) is 13.8 Å². The van der Waals surface area contributed by atoms with Crippen LogP contribution in [0.4, 0.5) is 10.1 Å². The smallest absolute Gasteiger partial charge is 0.344 e. The molecule has 3 rings (SSSR count). The number of carbonyl (C=O) groups excluding carboxylic acids is 2. The van der Waals surface area contributed by atoms with Gasteiger partial charge in [-0.05, 0) is 119 Å². The predicted molar refractivity (Wildman–Crippen MR) is 140 cm³/mol. The molecule has 1 aliphatic rings. The molecule has 10 heteroatoms. The minimum atomic E-state index is -0.425. The highest BCUT2D eigenvalue weighted by atomic mass is 127. The van der Waals surface area contributed by atoms with Crippen LogP contribution in [0.2, 0.25) is 0 Å². The third-order valence-corrected chi connectivity index (χ3v) is 6.82. The van der Waals surface area contributed by atoms with E-state index in [9.17, 15) is 14.0 Å². The largest absolute Gasteiger partial charge is 0.480 e. The molecule has 1 aliphatic heterocycles. The Morgan fingerprint density at radius 1 is 1.19 bits per heavy atom. The fourth-order valence-corrected chi connectivity index (χ4v) is 5.97. The topological polar surface area (TPSA) is 68.2 Å². The Hall–Kier alpha value is -1.67. The maximum Gasteiger partial charge on any atom is 0.344 e. The van der Waals surface area contributed by atoms with E-state index in [0.717, 1.165) is 12.7 Å². The molecule has 0 unspecified atom stereocenters. The number of rotatable bonds is 7. The summed E-state index contributed by atoms with van der Waals surface area (Å²) in [6.07, 6.45) is 1.81. The molecule has 1 amide bonds. The number of benzene rings is 2. The minimum absolute atomic E-state index is 0.133. The van der Waals surface area contributed by atoms with Crippen LogP contribution in [-0.4, -0.2) is 41.7 Å². The van der Waals surface area contributed by atoms with Crippen LogP contribution in [-0.2, 0) is 14.3 Å². The van der Waals surface area contributed by atoms with Gasteiger partial charge in [-0.1, -0.05) is 0 Å². The van der Waals surface area contributed by atoms with Crippen LogP contribution >= 0.6 is 56.9 Å². The van der Waals surface area contributed by atoms with Gasteiger partial charge in [-0.25, -0.2) is 14.2 Å². The number of thioether (sulfide) groups is 1. The molecule has 1 heterocycles. The highest BCUT2D eigenvalue weighted by molar-refractivity contribution is 14.1. The molecular formula is C22H19FI2N2O4S. The Morgan fingerprint density at radius 3 is 2.44 bits per heavy atom. The predicted octanol–water partition coefficient (Wildman–Crippen LogP) is 5.60. The summed E-state index contributed by atoms with van der Waals surface area (Å²) >= 11 is 5.55. The maximum absolute atomic E-state index is 13.2. The lowest BCUT2D eigenvalue weighted by Gasteiger charge is -2.12. The van der Waals surface area contributed by atoms with Crippen molar-refractivity contribution in [2.75, 3.05) is 19.8 Å². The van der Waals surface area contributed by atoms with E-state index in [4.69, 9.17) is 9.47 Å². The molecule has 32 heavy (non-hydrogen) atoms. The van der Waals surface area contributed by atoms with Gasteiger partial charge in [0.25, 0.3) is 5.91 Å². The molecule has 0 spiro atoms. The first kappa shape index (κ1) is 25.0. The Morgan fingerprint density at radius 2 is 1.84 bits per heavy atom. The molecule has 0 saturated carbocycles. The zero-order chi connectivity index (χ0) is 23.3. The number of halogens is 3. The summed E-state index contributed by atoms with van der Waals surface area (Å²) in [7, 11) is 0. The normalized spacial score (nSPS) is 16.2. The van der Waals surface area contributed by atoms with E-state index in [1.165, 1.54) is 23.9 Å². The molecule has 2 aromatic carbocycles. The molecule has 6 nitrogen and oxygen atoms in total. The van der Waals surface area contributed by atoms with Crippen molar-refractivity contribution in [3.05, 3.63) is 59.8 Å². The van der Waals surface area contributed by atoms with Gasteiger partial charge in [0.15, 0.2) is 11.8 Å². The van der Waals surface area contributed by atoms with Gasteiger partial charge in [0.05, 0.1) is 24.3 Å². The second-order valence-electron chi connectivity index (χ2n) is 6.44. The van der Waals surface area contributed by atoms with E-state index in [1.807, 2.05) is 25.1 Å². The second kappa shape index (κ2) is 11.5. The van der Waals surface area contributed by atoms with Gasteiger partial charge in [-0.3, -0.25) is 9.69 Å². The number of amidine groups is 1. The van der Waals surface area contributed by atoms with Gasteiger partial charge in [0.2, 0.25) is 0 Å². The number of amides is 1. The van der Waals surface area contributed by atoms with Crippen LogP contribution in [0.25, 0.3) is 6.08 Å². The van der Waals surface area contributed by atoms with E-state index in [-0.39, 0.29) is 18.3 Å². The van der Waals surface area contributed by atoms with Crippen LogP contribution < -0.4 is 4.74 Å². The van der Waals surface area contributed by atoms with Crippen LogP contribution in [0.1, 0.15) is 19.4 Å². The van der Waals surface area contributed by atoms with Gasteiger partial charge in [-0.2, -0.15) is 0 Å². The zero-order valence-electron chi connectivity index (χ0n) is 17.2. The Kier molecular flexibility index (Phi) is 8.94. The highest BCUT2D eigenvalue weighted by Crippen LogP contribution is 2.36. The number of hydrogen-bond donors (Lipinski definition) is 0. The summed E-state index contributed by atoms with van der Waals surface area (Å²) in [5, 5.41) is 0.550.